The van der Waals surface area contributed by atoms with Crippen molar-refractivity contribution in [3.63, 3.8) is 0 Å². The maximum Gasteiger partial charge on any atom is 0.401 e. The maximum atomic E-state index is 12.4. The Kier molecular flexibility index (Phi) is 6.44. The molecule has 1 saturated carbocycles. The molecule has 0 aromatic carbocycles. The van der Waals surface area contributed by atoms with E-state index in [1.165, 1.54) is 4.90 Å². The van der Waals surface area contributed by atoms with Crippen LogP contribution in [0, 0.1) is 0 Å². The Morgan fingerprint density at radius 2 is 1.71 bits per heavy atom. The van der Waals surface area contributed by atoms with Gasteiger partial charge in [0.05, 0.1) is 19.6 Å². The minimum Gasteiger partial charge on any atom is -0.480 e. The van der Waals surface area contributed by atoms with E-state index in [2.05, 4.69) is 0 Å². The molecule has 1 amide bonds. The second-order valence-electron chi connectivity index (χ2n) is 5.45. The molecule has 1 N–H and O–H groups in total. The van der Waals surface area contributed by atoms with Crippen LogP contribution in [-0.4, -0.2) is 65.7 Å². The number of likely N-dealkylation sites (N-methyl/N-ethyl adjacent to an activating group) is 1. The average molecular weight is 310 g/mol. The Balaban J connectivity index is 2.59. The van der Waals surface area contributed by atoms with E-state index in [1.54, 1.807) is 7.05 Å². The van der Waals surface area contributed by atoms with Crippen LogP contribution in [0.5, 0.6) is 0 Å². The highest BCUT2D eigenvalue weighted by Crippen LogP contribution is 2.22. The van der Waals surface area contributed by atoms with Crippen molar-refractivity contribution in [1.29, 1.82) is 0 Å². The summed E-state index contributed by atoms with van der Waals surface area (Å²) in [5, 5.41) is 8.65. The van der Waals surface area contributed by atoms with E-state index in [4.69, 9.17) is 5.11 Å². The lowest BCUT2D eigenvalue weighted by atomic mass is 9.94. The molecule has 0 aromatic heterocycles. The lowest BCUT2D eigenvalue weighted by molar-refractivity contribution is -0.157. The van der Waals surface area contributed by atoms with Gasteiger partial charge in [0, 0.05) is 13.1 Å². The van der Waals surface area contributed by atoms with Crippen molar-refractivity contribution in [2.75, 3.05) is 26.7 Å². The third kappa shape index (κ3) is 6.79. The molecule has 0 bridgehead atoms. The normalized spacial score (nSPS) is 17.0. The van der Waals surface area contributed by atoms with Gasteiger partial charge in [0.1, 0.15) is 0 Å². The lowest BCUT2D eigenvalue weighted by Crippen LogP contribution is -2.47. The van der Waals surface area contributed by atoms with E-state index in [1.807, 2.05) is 0 Å². The number of alkyl halides is 3. The van der Waals surface area contributed by atoms with Crippen LogP contribution in [0.25, 0.3) is 0 Å². The Hall–Kier alpha value is -1.31. The molecule has 0 spiro atoms. The van der Waals surface area contributed by atoms with Gasteiger partial charge in [-0.25, -0.2) is 0 Å². The second-order valence-corrected chi connectivity index (χ2v) is 5.45. The molecule has 8 heteroatoms. The number of amides is 1. The molecule has 0 unspecified atom stereocenters. The van der Waals surface area contributed by atoms with Gasteiger partial charge in [-0.3, -0.25) is 14.5 Å². The van der Waals surface area contributed by atoms with Crippen molar-refractivity contribution in [2.24, 2.45) is 0 Å². The van der Waals surface area contributed by atoms with Crippen LogP contribution >= 0.6 is 0 Å². The Bertz CT molecular complexity index is 368. The topological polar surface area (TPSA) is 60.9 Å². The zero-order valence-corrected chi connectivity index (χ0v) is 12.0. The van der Waals surface area contributed by atoms with E-state index < -0.39 is 37.7 Å². The summed E-state index contributed by atoms with van der Waals surface area (Å²) in [6.07, 6.45) is 0.283. The Morgan fingerprint density at radius 1 is 1.14 bits per heavy atom. The number of hydrogen-bond donors (Lipinski definition) is 1. The van der Waals surface area contributed by atoms with Crippen LogP contribution in [0.15, 0.2) is 0 Å². The molecule has 1 aliphatic rings. The smallest absolute Gasteiger partial charge is 0.401 e. The third-order valence-corrected chi connectivity index (χ3v) is 3.64. The summed E-state index contributed by atoms with van der Waals surface area (Å²) in [5.41, 5.74) is 0. The molecule has 1 aliphatic carbocycles. The first-order valence-electron chi connectivity index (χ1n) is 6.95. The second kappa shape index (κ2) is 7.63. The number of rotatable bonds is 6. The average Bonchev–Trinajstić information content (AvgIpc) is 2.36. The van der Waals surface area contributed by atoms with Gasteiger partial charge in [0.25, 0.3) is 0 Å². The molecule has 0 aliphatic heterocycles. The number of hydrogen-bond acceptors (Lipinski definition) is 3. The fraction of sp³-hybridized carbons (Fsp3) is 0.846. The first kappa shape index (κ1) is 17.7. The van der Waals surface area contributed by atoms with Crippen molar-refractivity contribution in [2.45, 2.75) is 44.3 Å². The predicted molar refractivity (Wildman–Crippen MR) is 69.8 cm³/mol. The van der Waals surface area contributed by atoms with E-state index >= 15 is 0 Å². The highest BCUT2D eigenvalue weighted by atomic mass is 19.4. The first-order chi connectivity index (χ1) is 9.69. The van der Waals surface area contributed by atoms with Crippen LogP contribution in [0.4, 0.5) is 13.2 Å². The van der Waals surface area contributed by atoms with Crippen LogP contribution in [-0.2, 0) is 9.59 Å². The molecule has 21 heavy (non-hydrogen) atoms. The summed E-state index contributed by atoms with van der Waals surface area (Å²) in [6, 6.07) is 0.0452. The highest BCUT2D eigenvalue weighted by molar-refractivity contribution is 5.79. The number of carboxylic acid groups (broad SMARTS) is 1. The Morgan fingerprint density at radius 3 is 2.19 bits per heavy atom. The first-order valence-corrected chi connectivity index (χ1v) is 6.95. The van der Waals surface area contributed by atoms with Gasteiger partial charge in [-0.05, 0) is 12.8 Å². The molecule has 0 heterocycles. The standard InChI is InChI=1S/C13H21F3N2O3/c1-17(10-5-3-2-4-6-10)11(19)7-18(8-12(20)21)9-13(14,15)16/h10H,2-9H2,1H3,(H,20,21). The highest BCUT2D eigenvalue weighted by Gasteiger charge is 2.33. The van der Waals surface area contributed by atoms with Crippen LogP contribution < -0.4 is 0 Å². The van der Waals surface area contributed by atoms with Gasteiger partial charge in [-0.2, -0.15) is 13.2 Å². The molecule has 0 saturated heterocycles. The summed E-state index contributed by atoms with van der Waals surface area (Å²) >= 11 is 0. The summed E-state index contributed by atoms with van der Waals surface area (Å²) in [5.74, 6) is -1.85. The molecule has 122 valence electrons. The van der Waals surface area contributed by atoms with E-state index in [0.717, 1.165) is 32.1 Å². The SMILES string of the molecule is CN(C(=O)CN(CC(=O)O)CC(F)(F)F)C1CCCCC1. The van der Waals surface area contributed by atoms with Gasteiger partial charge >= 0.3 is 12.1 Å². The molecule has 0 radical (unpaired) electrons. The Labute approximate surface area is 121 Å². The van der Waals surface area contributed by atoms with Crippen LogP contribution in [0.3, 0.4) is 0 Å². The van der Waals surface area contributed by atoms with Crippen LogP contribution in [0.2, 0.25) is 0 Å². The summed E-state index contributed by atoms with van der Waals surface area (Å²) in [6.45, 7) is -2.73. The van der Waals surface area contributed by atoms with Gasteiger partial charge in [0.2, 0.25) is 5.91 Å². The molecular weight excluding hydrogens is 289 g/mol. The monoisotopic (exact) mass is 310 g/mol. The lowest BCUT2D eigenvalue weighted by Gasteiger charge is -2.33. The number of carbonyl (C=O) groups excluding carboxylic acids is 1. The maximum absolute atomic E-state index is 12.4. The van der Waals surface area contributed by atoms with Crippen molar-refractivity contribution < 1.29 is 27.9 Å². The fourth-order valence-corrected chi connectivity index (χ4v) is 2.59. The van der Waals surface area contributed by atoms with Crippen molar-refractivity contribution in [3.8, 4) is 0 Å². The summed E-state index contributed by atoms with van der Waals surface area (Å²) < 4.78 is 37.2. The summed E-state index contributed by atoms with van der Waals surface area (Å²) in [7, 11) is 1.57. The molecule has 0 aromatic rings. The minimum atomic E-state index is -4.53. The molecule has 0 atom stereocenters. The van der Waals surface area contributed by atoms with Crippen molar-refractivity contribution >= 4 is 11.9 Å². The summed E-state index contributed by atoms with van der Waals surface area (Å²) in [4.78, 5) is 24.7. The zero-order valence-electron chi connectivity index (χ0n) is 12.0. The molecule has 5 nitrogen and oxygen atoms in total. The fourth-order valence-electron chi connectivity index (χ4n) is 2.59. The van der Waals surface area contributed by atoms with Gasteiger partial charge in [0.15, 0.2) is 0 Å². The van der Waals surface area contributed by atoms with E-state index in [0.29, 0.717) is 4.90 Å². The molecule has 1 rings (SSSR count). The number of nitrogens with zero attached hydrogens (tertiary/aromatic N) is 2. The van der Waals surface area contributed by atoms with Gasteiger partial charge < -0.3 is 10.0 Å². The molecular formula is C13H21F3N2O3. The van der Waals surface area contributed by atoms with E-state index in [-0.39, 0.29) is 6.04 Å². The van der Waals surface area contributed by atoms with E-state index in [9.17, 15) is 22.8 Å². The minimum absolute atomic E-state index is 0.0452. The van der Waals surface area contributed by atoms with Crippen molar-refractivity contribution in [1.82, 2.24) is 9.80 Å². The number of carbonyl (C=O) groups is 2. The largest absolute Gasteiger partial charge is 0.480 e. The zero-order chi connectivity index (χ0) is 16.0. The predicted octanol–water partition coefficient (Wildman–Crippen LogP) is 1.73. The van der Waals surface area contributed by atoms with Crippen LogP contribution in [0.1, 0.15) is 32.1 Å². The number of halogens is 3. The van der Waals surface area contributed by atoms with Crippen molar-refractivity contribution in [3.05, 3.63) is 0 Å². The third-order valence-electron chi connectivity index (χ3n) is 3.64. The number of carboxylic acids is 1. The quantitative estimate of drug-likeness (QED) is 0.811. The van der Waals surface area contributed by atoms with Gasteiger partial charge in [-0.1, -0.05) is 19.3 Å². The van der Waals surface area contributed by atoms with Gasteiger partial charge in [-0.15, -0.1) is 0 Å². The number of aliphatic carboxylic acids is 1. The molecule has 1 fully saturated rings.